The lowest BCUT2D eigenvalue weighted by Crippen LogP contribution is -2.45. The van der Waals surface area contributed by atoms with E-state index < -0.39 is 14.8 Å². The van der Waals surface area contributed by atoms with Crippen molar-refractivity contribution in [3.63, 3.8) is 0 Å². The number of benzene rings is 2. The van der Waals surface area contributed by atoms with Gasteiger partial charge in [0.1, 0.15) is 18.1 Å². The molecule has 0 unspecified atom stereocenters. The highest BCUT2D eigenvalue weighted by Crippen LogP contribution is 2.21. The zero-order valence-corrected chi connectivity index (χ0v) is 22.0. The molecule has 2 aromatic carbocycles. The molecule has 35 heavy (non-hydrogen) atoms. The fourth-order valence-corrected chi connectivity index (χ4v) is 6.10. The molecule has 0 saturated carbocycles. The molecule has 0 amide bonds. The molecule has 0 N–H and O–H groups in total. The number of ether oxygens (including phenoxy) is 3. The van der Waals surface area contributed by atoms with Crippen molar-refractivity contribution in [2.75, 3.05) is 26.9 Å². The average molecular weight is 505 g/mol. The third-order valence-corrected chi connectivity index (χ3v) is 8.20. The first-order valence-electron chi connectivity index (χ1n) is 12.0. The number of methoxy groups -OCH3 is 1. The molecular formula is C26H36O8Si. The van der Waals surface area contributed by atoms with E-state index in [9.17, 15) is 9.59 Å². The van der Waals surface area contributed by atoms with E-state index in [1.165, 1.54) is 0 Å². The lowest BCUT2D eigenvalue weighted by Gasteiger charge is -2.28. The summed E-state index contributed by atoms with van der Waals surface area (Å²) in [6.45, 7) is 7.51. The first-order chi connectivity index (χ1) is 16.9. The predicted octanol–water partition coefficient (Wildman–Crippen LogP) is 5.18. The maximum absolute atomic E-state index is 12.4. The second-order valence-electron chi connectivity index (χ2n) is 7.62. The minimum absolute atomic E-state index is 0.138. The Morgan fingerprint density at radius 1 is 0.829 bits per heavy atom. The molecule has 0 saturated heterocycles. The monoisotopic (exact) mass is 504 g/mol. The van der Waals surface area contributed by atoms with Crippen molar-refractivity contribution in [1.82, 2.24) is 0 Å². The number of rotatable bonds is 16. The number of hydrogen-bond donors (Lipinski definition) is 0. The summed E-state index contributed by atoms with van der Waals surface area (Å²) in [5.74, 6) is 0.248. The lowest BCUT2D eigenvalue weighted by molar-refractivity contribution is -0.145. The Labute approximate surface area is 208 Å². The maximum Gasteiger partial charge on any atom is 0.500 e. The predicted molar refractivity (Wildman–Crippen MR) is 133 cm³/mol. The Balaban J connectivity index is 1.75. The summed E-state index contributed by atoms with van der Waals surface area (Å²) in [4.78, 5) is 24.5. The Hall–Kier alpha value is -2.72. The van der Waals surface area contributed by atoms with Crippen LogP contribution < -0.4 is 9.47 Å². The van der Waals surface area contributed by atoms with E-state index in [2.05, 4.69) is 0 Å². The van der Waals surface area contributed by atoms with E-state index in [4.69, 9.17) is 27.5 Å². The van der Waals surface area contributed by atoms with Gasteiger partial charge in [0.2, 0.25) is 0 Å². The molecule has 0 aliphatic carbocycles. The Bertz CT molecular complexity index is 899. The van der Waals surface area contributed by atoms with Gasteiger partial charge in [-0.2, -0.15) is 0 Å². The van der Waals surface area contributed by atoms with E-state index in [1.54, 1.807) is 55.6 Å². The van der Waals surface area contributed by atoms with Gasteiger partial charge in [-0.3, -0.25) is 4.79 Å². The SMILES string of the molecule is CCO[Si](CCCCC(=O)OCc1ccc(C(=O)Oc2cccc(OC)c2)cc1)(OCC)OCC. The van der Waals surface area contributed by atoms with Gasteiger partial charge in [-0.05, 0) is 63.4 Å². The fraction of sp³-hybridized carbons (Fsp3) is 0.462. The van der Waals surface area contributed by atoms with Crippen molar-refractivity contribution in [3.8, 4) is 11.5 Å². The molecule has 2 rings (SSSR count). The van der Waals surface area contributed by atoms with Gasteiger partial charge in [0.15, 0.2) is 0 Å². The lowest BCUT2D eigenvalue weighted by atomic mass is 10.1. The van der Waals surface area contributed by atoms with Crippen molar-refractivity contribution in [1.29, 1.82) is 0 Å². The van der Waals surface area contributed by atoms with E-state index in [0.29, 0.717) is 55.8 Å². The first kappa shape index (κ1) is 28.5. The highest BCUT2D eigenvalue weighted by Gasteiger charge is 2.39. The molecule has 0 bridgehead atoms. The summed E-state index contributed by atoms with van der Waals surface area (Å²) >= 11 is 0. The van der Waals surface area contributed by atoms with Crippen LogP contribution in [0, 0.1) is 0 Å². The van der Waals surface area contributed by atoms with E-state index >= 15 is 0 Å². The highest BCUT2D eigenvalue weighted by atomic mass is 28.4. The molecule has 0 aliphatic rings. The second kappa shape index (κ2) is 15.3. The summed E-state index contributed by atoms with van der Waals surface area (Å²) in [5.41, 5.74) is 1.18. The Morgan fingerprint density at radius 2 is 1.46 bits per heavy atom. The summed E-state index contributed by atoms with van der Waals surface area (Å²) in [7, 11) is -1.13. The van der Waals surface area contributed by atoms with Crippen LogP contribution in [0.15, 0.2) is 48.5 Å². The van der Waals surface area contributed by atoms with Gasteiger partial charge >= 0.3 is 20.7 Å². The van der Waals surface area contributed by atoms with E-state index in [-0.39, 0.29) is 12.6 Å². The van der Waals surface area contributed by atoms with Gasteiger partial charge in [0.25, 0.3) is 0 Å². The topological polar surface area (TPSA) is 89.5 Å². The van der Waals surface area contributed by atoms with Gasteiger partial charge in [0, 0.05) is 38.4 Å². The molecule has 0 radical (unpaired) electrons. The molecule has 0 fully saturated rings. The molecule has 0 aromatic heterocycles. The highest BCUT2D eigenvalue weighted by molar-refractivity contribution is 6.60. The van der Waals surface area contributed by atoms with Crippen LogP contribution in [0.3, 0.4) is 0 Å². The van der Waals surface area contributed by atoms with Crippen LogP contribution in [0.1, 0.15) is 56.0 Å². The minimum atomic E-state index is -2.68. The quantitative estimate of drug-likeness (QED) is 0.134. The Morgan fingerprint density at radius 3 is 2.06 bits per heavy atom. The van der Waals surface area contributed by atoms with Gasteiger partial charge in [-0.1, -0.05) is 18.2 Å². The van der Waals surface area contributed by atoms with E-state index in [0.717, 1.165) is 12.0 Å². The summed E-state index contributed by atoms with van der Waals surface area (Å²) in [6, 6.07) is 14.3. The van der Waals surface area contributed by atoms with Crippen LogP contribution >= 0.6 is 0 Å². The van der Waals surface area contributed by atoms with Gasteiger partial charge in [-0.15, -0.1) is 0 Å². The van der Waals surface area contributed by atoms with Gasteiger partial charge in [-0.25, -0.2) is 4.79 Å². The largest absolute Gasteiger partial charge is 0.500 e. The maximum atomic E-state index is 12.4. The molecule has 192 valence electrons. The molecule has 0 aliphatic heterocycles. The second-order valence-corrected chi connectivity index (χ2v) is 10.3. The van der Waals surface area contributed by atoms with Crippen molar-refractivity contribution >= 4 is 20.7 Å². The fourth-order valence-electron chi connectivity index (χ4n) is 3.42. The number of unbranched alkanes of at least 4 members (excludes halogenated alkanes) is 1. The van der Waals surface area contributed by atoms with Crippen LogP contribution in [0.25, 0.3) is 0 Å². The standard InChI is InChI=1S/C26H36O8Si/c1-5-31-35(32-6-2,33-7-3)18-9-8-13-25(27)30-20-21-14-16-22(17-15-21)26(28)34-24-12-10-11-23(19-24)29-4/h10-12,14-17,19H,5-9,13,18,20H2,1-4H3. The van der Waals surface area contributed by atoms with E-state index in [1.807, 2.05) is 20.8 Å². The molecule has 8 nitrogen and oxygen atoms in total. The Kier molecular flexibility index (Phi) is 12.5. The zero-order chi connectivity index (χ0) is 25.5. The van der Waals surface area contributed by atoms with Crippen molar-refractivity contribution < 1.29 is 37.1 Å². The van der Waals surface area contributed by atoms with Crippen molar-refractivity contribution in [3.05, 3.63) is 59.7 Å². The van der Waals surface area contributed by atoms with Crippen LogP contribution in [-0.2, 0) is 29.4 Å². The third kappa shape index (κ3) is 9.81. The first-order valence-corrected chi connectivity index (χ1v) is 13.9. The number of hydrogen-bond acceptors (Lipinski definition) is 8. The summed E-state index contributed by atoms with van der Waals surface area (Å²) in [5, 5.41) is 0. The summed E-state index contributed by atoms with van der Waals surface area (Å²) in [6.07, 6.45) is 1.72. The number of carbonyl (C=O) groups excluding carboxylic acids is 2. The van der Waals surface area contributed by atoms with Gasteiger partial charge < -0.3 is 27.5 Å². The average Bonchev–Trinajstić information content (AvgIpc) is 2.86. The molecule has 9 heteroatoms. The summed E-state index contributed by atoms with van der Waals surface area (Å²) < 4.78 is 33.4. The zero-order valence-electron chi connectivity index (χ0n) is 21.0. The van der Waals surface area contributed by atoms with Crippen molar-refractivity contribution in [2.45, 2.75) is 52.7 Å². The smallest absolute Gasteiger partial charge is 0.497 e. The van der Waals surface area contributed by atoms with Crippen LogP contribution in [0.4, 0.5) is 0 Å². The number of esters is 2. The van der Waals surface area contributed by atoms with Gasteiger partial charge in [0.05, 0.1) is 12.7 Å². The third-order valence-electron chi connectivity index (χ3n) is 5.05. The van der Waals surface area contributed by atoms with Crippen LogP contribution in [0.2, 0.25) is 6.04 Å². The molecular weight excluding hydrogens is 468 g/mol. The molecule has 0 spiro atoms. The normalized spacial score (nSPS) is 11.2. The van der Waals surface area contributed by atoms with Crippen molar-refractivity contribution in [2.24, 2.45) is 0 Å². The van der Waals surface area contributed by atoms with Crippen LogP contribution in [-0.4, -0.2) is 47.7 Å². The number of carbonyl (C=O) groups is 2. The van der Waals surface area contributed by atoms with Crippen LogP contribution in [0.5, 0.6) is 11.5 Å². The molecule has 0 heterocycles. The molecule has 0 atom stereocenters. The minimum Gasteiger partial charge on any atom is -0.497 e. The molecule has 2 aromatic rings.